The van der Waals surface area contributed by atoms with E-state index in [-0.39, 0.29) is 29.0 Å². The third-order valence-electron chi connectivity index (χ3n) is 3.40. The Morgan fingerprint density at radius 1 is 1.07 bits per heavy atom. The van der Waals surface area contributed by atoms with Gasteiger partial charge in [0.25, 0.3) is 5.91 Å². The summed E-state index contributed by atoms with van der Waals surface area (Å²) in [6.45, 7) is -2.66. The molecule has 0 heterocycles. The zero-order valence-electron chi connectivity index (χ0n) is 14.0. The van der Waals surface area contributed by atoms with Crippen LogP contribution in [0.2, 0.25) is 10.0 Å². The van der Waals surface area contributed by atoms with Crippen molar-refractivity contribution in [3.05, 3.63) is 58.1 Å². The highest BCUT2D eigenvalue weighted by Crippen LogP contribution is 2.29. The third-order valence-corrected chi connectivity index (χ3v) is 3.95. The van der Waals surface area contributed by atoms with Gasteiger partial charge in [0.1, 0.15) is 5.75 Å². The van der Waals surface area contributed by atoms with Gasteiger partial charge in [0.15, 0.2) is 0 Å². The summed E-state index contributed by atoms with van der Waals surface area (Å²) in [7, 11) is 0. The number of anilines is 1. The molecule has 0 bridgehead atoms. The van der Waals surface area contributed by atoms with Crippen molar-refractivity contribution in [1.29, 1.82) is 0 Å². The summed E-state index contributed by atoms with van der Waals surface area (Å²) in [6.07, 6.45) is 0.583. The van der Waals surface area contributed by atoms with Crippen LogP contribution in [0.3, 0.4) is 0 Å². The fraction of sp³-hybridized carbons (Fsp3) is 0.222. The summed E-state index contributed by atoms with van der Waals surface area (Å²) in [6, 6.07) is 10.4. The molecule has 0 atom stereocenters. The average molecular weight is 417 g/mol. The molecule has 0 aliphatic heterocycles. The summed E-state index contributed by atoms with van der Waals surface area (Å²) in [4.78, 5) is 23.8. The van der Waals surface area contributed by atoms with E-state index >= 15 is 0 Å². The van der Waals surface area contributed by atoms with E-state index in [2.05, 4.69) is 15.4 Å². The van der Waals surface area contributed by atoms with Crippen LogP contribution < -0.4 is 15.4 Å². The number of carbonyl (C=O) groups is 2. The van der Waals surface area contributed by atoms with E-state index < -0.39 is 6.61 Å². The Balaban J connectivity index is 1.74. The molecule has 2 amide bonds. The molecule has 0 radical (unpaired) electrons. The average Bonchev–Trinajstić information content (AvgIpc) is 2.61. The molecule has 2 aromatic rings. The topological polar surface area (TPSA) is 67.4 Å². The first-order chi connectivity index (χ1) is 12.8. The van der Waals surface area contributed by atoms with Gasteiger partial charge in [-0.05, 0) is 48.9 Å². The number of ether oxygens (including phenoxy) is 1. The van der Waals surface area contributed by atoms with Crippen molar-refractivity contribution in [2.75, 3.05) is 11.9 Å². The van der Waals surface area contributed by atoms with Crippen LogP contribution in [0.5, 0.6) is 5.75 Å². The quantitative estimate of drug-likeness (QED) is 0.610. The Hall–Kier alpha value is -2.38. The molecule has 27 heavy (non-hydrogen) atoms. The number of carbonyl (C=O) groups excluding carboxylic acids is 2. The van der Waals surface area contributed by atoms with Crippen LogP contribution in [-0.4, -0.2) is 25.0 Å². The lowest BCUT2D eigenvalue weighted by Gasteiger charge is -2.10. The van der Waals surface area contributed by atoms with Crippen molar-refractivity contribution in [2.45, 2.75) is 19.5 Å². The van der Waals surface area contributed by atoms with Crippen molar-refractivity contribution in [3.63, 3.8) is 0 Å². The van der Waals surface area contributed by atoms with Crippen LogP contribution in [0, 0.1) is 0 Å². The van der Waals surface area contributed by atoms with Gasteiger partial charge in [-0.3, -0.25) is 9.59 Å². The van der Waals surface area contributed by atoms with Crippen LogP contribution in [-0.2, 0) is 4.79 Å². The molecule has 2 rings (SSSR count). The van der Waals surface area contributed by atoms with Crippen LogP contribution in [0.15, 0.2) is 42.5 Å². The van der Waals surface area contributed by atoms with Gasteiger partial charge >= 0.3 is 6.61 Å². The van der Waals surface area contributed by atoms with Crippen molar-refractivity contribution in [3.8, 4) is 5.75 Å². The Bertz CT molecular complexity index is 802. The normalized spacial score (nSPS) is 10.6. The molecule has 0 unspecified atom stereocenters. The fourth-order valence-electron chi connectivity index (χ4n) is 2.15. The van der Waals surface area contributed by atoms with Crippen LogP contribution in [0.1, 0.15) is 23.2 Å². The predicted molar refractivity (Wildman–Crippen MR) is 99.7 cm³/mol. The van der Waals surface area contributed by atoms with Crippen molar-refractivity contribution >= 4 is 40.7 Å². The zero-order valence-corrected chi connectivity index (χ0v) is 15.5. The van der Waals surface area contributed by atoms with E-state index in [1.807, 2.05) is 0 Å². The maximum Gasteiger partial charge on any atom is 0.387 e. The molecule has 9 heteroatoms. The van der Waals surface area contributed by atoms with Gasteiger partial charge in [-0.1, -0.05) is 23.2 Å². The summed E-state index contributed by atoms with van der Waals surface area (Å²) >= 11 is 11.6. The monoisotopic (exact) mass is 416 g/mol. The molecule has 0 spiro atoms. The number of hydrogen-bond donors (Lipinski definition) is 2. The Labute approximate surface area is 164 Å². The maximum atomic E-state index is 12.2. The van der Waals surface area contributed by atoms with E-state index in [0.717, 1.165) is 0 Å². The van der Waals surface area contributed by atoms with Gasteiger partial charge in [0.2, 0.25) is 5.91 Å². The Morgan fingerprint density at radius 3 is 2.41 bits per heavy atom. The molecule has 0 aromatic heterocycles. The van der Waals surface area contributed by atoms with E-state index in [1.54, 1.807) is 24.3 Å². The van der Waals surface area contributed by atoms with E-state index in [4.69, 9.17) is 23.2 Å². The first-order valence-corrected chi connectivity index (χ1v) is 8.68. The molecule has 0 saturated heterocycles. The lowest BCUT2D eigenvalue weighted by molar-refractivity contribution is -0.116. The predicted octanol–water partition coefficient (Wildman–Crippen LogP) is 4.74. The van der Waals surface area contributed by atoms with Gasteiger partial charge in [-0.25, -0.2) is 0 Å². The highest BCUT2D eigenvalue weighted by molar-refractivity contribution is 6.32. The van der Waals surface area contributed by atoms with Gasteiger partial charge in [0.05, 0.1) is 5.02 Å². The molecule has 0 fully saturated rings. The van der Waals surface area contributed by atoms with E-state index in [1.165, 1.54) is 18.2 Å². The number of benzene rings is 2. The first kappa shape index (κ1) is 20.9. The van der Waals surface area contributed by atoms with E-state index in [0.29, 0.717) is 29.2 Å². The minimum atomic E-state index is -2.98. The first-order valence-electron chi connectivity index (χ1n) is 7.93. The fourth-order valence-corrected chi connectivity index (χ4v) is 2.50. The number of rotatable bonds is 8. The zero-order chi connectivity index (χ0) is 19.8. The lowest BCUT2D eigenvalue weighted by Crippen LogP contribution is -2.25. The van der Waals surface area contributed by atoms with Gasteiger partial charge in [-0.2, -0.15) is 8.78 Å². The number of amides is 2. The lowest BCUT2D eigenvalue weighted by atomic mass is 10.2. The van der Waals surface area contributed by atoms with Crippen LogP contribution in [0.4, 0.5) is 14.5 Å². The van der Waals surface area contributed by atoms with Gasteiger partial charge < -0.3 is 15.4 Å². The second-order valence-electron chi connectivity index (χ2n) is 5.44. The number of halogens is 4. The van der Waals surface area contributed by atoms with Gasteiger partial charge in [0, 0.05) is 29.2 Å². The number of alkyl halides is 2. The largest absolute Gasteiger partial charge is 0.433 e. The Kier molecular flexibility index (Phi) is 7.82. The molecular formula is C18H16Cl2F2N2O3. The second-order valence-corrected chi connectivity index (χ2v) is 6.28. The van der Waals surface area contributed by atoms with Crippen molar-refractivity contribution in [2.24, 2.45) is 0 Å². The van der Waals surface area contributed by atoms with Gasteiger partial charge in [-0.15, -0.1) is 0 Å². The van der Waals surface area contributed by atoms with E-state index in [9.17, 15) is 18.4 Å². The number of hydrogen-bond acceptors (Lipinski definition) is 3. The molecule has 2 N–H and O–H groups in total. The summed E-state index contributed by atoms with van der Waals surface area (Å²) < 4.78 is 28.6. The highest BCUT2D eigenvalue weighted by atomic mass is 35.5. The maximum absolute atomic E-state index is 12.2. The molecule has 0 aliphatic carbocycles. The summed E-state index contributed by atoms with van der Waals surface area (Å²) in [5.74, 6) is -0.725. The molecule has 5 nitrogen and oxygen atoms in total. The molecule has 0 saturated carbocycles. The highest BCUT2D eigenvalue weighted by Gasteiger charge is 2.10. The summed E-state index contributed by atoms with van der Waals surface area (Å²) in [5.41, 5.74) is 0.835. The standard InChI is InChI=1S/C18H16Cl2F2N2O3/c19-12-5-3-11(4-6-12)17(26)23-9-1-2-16(25)24-13-7-8-15(14(20)10-13)27-18(21)22/h3-8,10,18H,1-2,9H2,(H,23,26)(H,24,25). The Morgan fingerprint density at radius 2 is 1.78 bits per heavy atom. The number of nitrogens with one attached hydrogen (secondary N) is 2. The molecule has 2 aromatic carbocycles. The minimum Gasteiger partial charge on any atom is -0.433 e. The van der Waals surface area contributed by atoms with Crippen LogP contribution >= 0.6 is 23.2 Å². The summed E-state index contributed by atoms with van der Waals surface area (Å²) in [5, 5.41) is 5.80. The van der Waals surface area contributed by atoms with Crippen molar-refractivity contribution in [1.82, 2.24) is 5.32 Å². The molecule has 0 aliphatic rings. The van der Waals surface area contributed by atoms with Crippen LogP contribution in [0.25, 0.3) is 0 Å². The molecular weight excluding hydrogens is 401 g/mol. The molecule has 144 valence electrons. The third kappa shape index (κ3) is 7.03. The second kappa shape index (κ2) is 10.1. The SMILES string of the molecule is O=C(CCCNC(=O)c1ccc(Cl)cc1)Nc1ccc(OC(F)F)c(Cl)c1. The van der Waals surface area contributed by atoms with Crippen molar-refractivity contribution < 1.29 is 23.1 Å². The minimum absolute atomic E-state index is 0.0386. The smallest absolute Gasteiger partial charge is 0.387 e.